The maximum Gasteiger partial charge on any atom is 0.0831 e. The van der Waals surface area contributed by atoms with E-state index in [4.69, 9.17) is 9.84 Å². The molecule has 14 heavy (non-hydrogen) atoms. The predicted molar refractivity (Wildman–Crippen MR) is 55.0 cm³/mol. The van der Waals surface area contributed by atoms with E-state index >= 15 is 0 Å². The molecule has 0 fully saturated rings. The molecule has 0 saturated heterocycles. The van der Waals surface area contributed by atoms with E-state index < -0.39 is 0 Å². The Kier molecular flexibility index (Phi) is 4.56. The Balaban J connectivity index is 2.52. The third-order valence-electron chi connectivity index (χ3n) is 2.37. The second kappa shape index (κ2) is 5.73. The molecule has 0 aliphatic carbocycles. The third-order valence-corrected chi connectivity index (χ3v) is 2.37. The number of ether oxygens (including phenoxy) is 1. The Morgan fingerprint density at radius 2 is 2.29 bits per heavy atom. The lowest BCUT2D eigenvalue weighted by Gasteiger charge is -2.19. The standard InChI is InChI=1S/C11H17NO2/c1-9(11(8-13)14-2)7-10-5-3-4-6-12-10/h3-6,9,11,13H,7-8H2,1-2H3/t9-,11-/m1/s1. The number of hydrogen-bond acceptors (Lipinski definition) is 3. The normalized spacial score (nSPS) is 15.1. The number of methoxy groups -OCH3 is 1. The second-order valence-corrected chi connectivity index (χ2v) is 3.46. The van der Waals surface area contributed by atoms with E-state index in [1.54, 1.807) is 13.3 Å². The molecule has 0 amide bonds. The number of pyridine rings is 1. The molecule has 0 spiro atoms. The molecule has 0 saturated carbocycles. The van der Waals surface area contributed by atoms with Crippen LogP contribution in [0.1, 0.15) is 12.6 Å². The molecular formula is C11H17NO2. The summed E-state index contributed by atoms with van der Waals surface area (Å²) in [6, 6.07) is 5.85. The minimum atomic E-state index is -0.1000. The first kappa shape index (κ1) is 11.1. The molecule has 0 aliphatic heterocycles. The summed E-state index contributed by atoms with van der Waals surface area (Å²) in [5.41, 5.74) is 1.04. The average Bonchev–Trinajstić information content (AvgIpc) is 2.21. The zero-order chi connectivity index (χ0) is 10.4. The first-order valence-corrected chi connectivity index (χ1v) is 4.81. The van der Waals surface area contributed by atoms with Crippen molar-refractivity contribution in [2.24, 2.45) is 5.92 Å². The molecule has 0 aliphatic rings. The van der Waals surface area contributed by atoms with Crippen molar-refractivity contribution in [3.63, 3.8) is 0 Å². The van der Waals surface area contributed by atoms with Crippen LogP contribution in [0.15, 0.2) is 24.4 Å². The number of rotatable bonds is 5. The van der Waals surface area contributed by atoms with Gasteiger partial charge in [-0.1, -0.05) is 13.0 Å². The number of aliphatic hydroxyl groups is 1. The Labute approximate surface area is 84.7 Å². The van der Waals surface area contributed by atoms with Gasteiger partial charge in [0, 0.05) is 19.0 Å². The van der Waals surface area contributed by atoms with Gasteiger partial charge in [-0.15, -0.1) is 0 Å². The first-order chi connectivity index (χ1) is 6.77. The van der Waals surface area contributed by atoms with E-state index in [9.17, 15) is 0 Å². The van der Waals surface area contributed by atoms with Gasteiger partial charge in [-0.2, -0.15) is 0 Å². The Hall–Kier alpha value is -0.930. The van der Waals surface area contributed by atoms with Gasteiger partial charge in [-0.05, 0) is 24.5 Å². The van der Waals surface area contributed by atoms with Gasteiger partial charge in [0.05, 0.1) is 12.7 Å². The zero-order valence-electron chi connectivity index (χ0n) is 8.68. The highest BCUT2D eigenvalue weighted by Crippen LogP contribution is 2.12. The highest BCUT2D eigenvalue weighted by atomic mass is 16.5. The third kappa shape index (κ3) is 3.09. The molecule has 0 unspecified atom stereocenters. The molecule has 2 atom stereocenters. The SMILES string of the molecule is CO[C@H](CO)[C@H](C)Cc1ccccn1. The molecule has 0 bridgehead atoms. The van der Waals surface area contributed by atoms with E-state index in [0.29, 0.717) is 0 Å². The summed E-state index contributed by atoms with van der Waals surface area (Å²) in [5.74, 6) is 0.278. The van der Waals surface area contributed by atoms with Gasteiger partial charge >= 0.3 is 0 Å². The van der Waals surface area contributed by atoms with Crippen LogP contribution >= 0.6 is 0 Å². The van der Waals surface area contributed by atoms with Gasteiger partial charge in [0.2, 0.25) is 0 Å². The lowest BCUT2D eigenvalue weighted by molar-refractivity contribution is 0.0127. The lowest BCUT2D eigenvalue weighted by atomic mass is 9.99. The largest absolute Gasteiger partial charge is 0.394 e. The van der Waals surface area contributed by atoms with Crippen LogP contribution in [0.5, 0.6) is 0 Å². The fraction of sp³-hybridized carbons (Fsp3) is 0.545. The van der Waals surface area contributed by atoms with Gasteiger partial charge in [-0.25, -0.2) is 0 Å². The topological polar surface area (TPSA) is 42.4 Å². The van der Waals surface area contributed by atoms with Crippen LogP contribution in [0.3, 0.4) is 0 Å². The van der Waals surface area contributed by atoms with Crippen molar-refractivity contribution in [3.8, 4) is 0 Å². The Morgan fingerprint density at radius 1 is 1.50 bits per heavy atom. The average molecular weight is 195 g/mol. The van der Waals surface area contributed by atoms with E-state index in [2.05, 4.69) is 11.9 Å². The summed E-state index contributed by atoms with van der Waals surface area (Å²) in [6.45, 7) is 2.11. The number of nitrogens with zero attached hydrogens (tertiary/aromatic N) is 1. The molecule has 0 radical (unpaired) electrons. The predicted octanol–water partition coefficient (Wildman–Crippen LogP) is 1.27. The maximum absolute atomic E-state index is 9.03. The minimum absolute atomic E-state index is 0.0600. The van der Waals surface area contributed by atoms with Crippen LogP contribution in [-0.2, 0) is 11.2 Å². The summed E-state index contributed by atoms with van der Waals surface area (Å²) in [4.78, 5) is 4.23. The van der Waals surface area contributed by atoms with Crippen LogP contribution in [0.2, 0.25) is 0 Å². The smallest absolute Gasteiger partial charge is 0.0831 e. The summed E-state index contributed by atoms with van der Waals surface area (Å²) in [6.07, 6.45) is 2.51. The van der Waals surface area contributed by atoms with Gasteiger partial charge in [0.1, 0.15) is 0 Å². The van der Waals surface area contributed by atoms with E-state index in [-0.39, 0.29) is 18.6 Å². The van der Waals surface area contributed by atoms with Crippen molar-refractivity contribution in [2.45, 2.75) is 19.4 Å². The van der Waals surface area contributed by atoms with Crippen molar-refractivity contribution < 1.29 is 9.84 Å². The van der Waals surface area contributed by atoms with Crippen LogP contribution in [0.4, 0.5) is 0 Å². The minimum Gasteiger partial charge on any atom is -0.394 e. The summed E-state index contributed by atoms with van der Waals surface area (Å²) >= 11 is 0. The molecule has 1 N–H and O–H groups in total. The Morgan fingerprint density at radius 3 is 2.79 bits per heavy atom. The number of aromatic nitrogens is 1. The first-order valence-electron chi connectivity index (χ1n) is 4.81. The lowest BCUT2D eigenvalue weighted by Crippen LogP contribution is -2.26. The molecular weight excluding hydrogens is 178 g/mol. The summed E-state index contributed by atoms with van der Waals surface area (Å²) in [7, 11) is 1.62. The summed E-state index contributed by atoms with van der Waals surface area (Å²) < 4.78 is 5.16. The molecule has 1 aromatic rings. The van der Waals surface area contributed by atoms with E-state index in [1.807, 2.05) is 18.2 Å². The second-order valence-electron chi connectivity index (χ2n) is 3.46. The molecule has 3 heteroatoms. The van der Waals surface area contributed by atoms with Crippen molar-refractivity contribution >= 4 is 0 Å². The summed E-state index contributed by atoms with van der Waals surface area (Å²) in [5, 5.41) is 9.03. The molecule has 3 nitrogen and oxygen atoms in total. The number of aliphatic hydroxyl groups excluding tert-OH is 1. The monoisotopic (exact) mass is 195 g/mol. The Bertz CT molecular complexity index is 247. The van der Waals surface area contributed by atoms with Crippen LogP contribution in [0, 0.1) is 5.92 Å². The maximum atomic E-state index is 9.03. The van der Waals surface area contributed by atoms with Crippen molar-refractivity contribution in [1.29, 1.82) is 0 Å². The highest BCUT2D eigenvalue weighted by molar-refractivity contribution is 5.04. The van der Waals surface area contributed by atoms with Gasteiger partial charge in [0.25, 0.3) is 0 Å². The fourth-order valence-corrected chi connectivity index (χ4v) is 1.47. The van der Waals surface area contributed by atoms with Crippen LogP contribution in [-0.4, -0.2) is 29.9 Å². The van der Waals surface area contributed by atoms with Crippen molar-refractivity contribution in [2.75, 3.05) is 13.7 Å². The molecule has 0 aromatic carbocycles. The van der Waals surface area contributed by atoms with Gasteiger partial charge in [-0.3, -0.25) is 4.98 Å². The van der Waals surface area contributed by atoms with Crippen molar-refractivity contribution in [3.05, 3.63) is 30.1 Å². The van der Waals surface area contributed by atoms with Gasteiger partial charge < -0.3 is 9.84 Å². The molecule has 1 rings (SSSR count). The zero-order valence-corrected chi connectivity index (χ0v) is 8.68. The van der Waals surface area contributed by atoms with Crippen LogP contribution < -0.4 is 0 Å². The quantitative estimate of drug-likeness (QED) is 0.769. The number of hydrogen-bond donors (Lipinski definition) is 1. The van der Waals surface area contributed by atoms with E-state index in [1.165, 1.54) is 0 Å². The highest BCUT2D eigenvalue weighted by Gasteiger charge is 2.16. The van der Waals surface area contributed by atoms with Gasteiger partial charge in [0.15, 0.2) is 0 Å². The molecule has 78 valence electrons. The molecule has 1 heterocycles. The fourth-order valence-electron chi connectivity index (χ4n) is 1.47. The van der Waals surface area contributed by atoms with Crippen molar-refractivity contribution in [1.82, 2.24) is 4.98 Å². The van der Waals surface area contributed by atoms with E-state index in [0.717, 1.165) is 12.1 Å². The van der Waals surface area contributed by atoms with Crippen LogP contribution in [0.25, 0.3) is 0 Å². The molecule has 1 aromatic heterocycles.